The van der Waals surface area contributed by atoms with Gasteiger partial charge in [-0.2, -0.15) is 0 Å². The first-order chi connectivity index (χ1) is 9.19. The van der Waals surface area contributed by atoms with Crippen LogP contribution in [0.25, 0.3) is 0 Å². The van der Waals surface area contributed by atoms with E-state index >= 15 is 0 Å². The molecule has 0 saturated heterocycles. The summed E-state index contributed by atoms with van der Waals surface area (Å²) in [5.74, 6) is -0.168. The predicted molar refractivity (Wildman–Crippen MR) is 73.6 cm³/mol. The van der Waals surface area contributed by atoms with E-state index in [1.54, 1.807) is 12.1 Å². The quantitative estimate of drug-likeness (QED) is 0.828. The highest BCUT2D eigenvalue weighted by Gasteiger charge is 2.09. The van der Waals surface area contributed by atoms with Gasteiger partial charge in [0.25, 0.3) is 6.47 Å². The second-order valence-corrected chi connectivity index (χ2v) is 3.86. The largest absolute Gasteiger partial charge is 0.483 e. The van der Waals surface area contributed by atoms with E-state index in [-0.39, 0.29) is 18.3 Å². The first-order valence-electron chi connectivity index (χ1n) is 5.83. The zero-order chi connectivity index (χ0) is 14.1. The molecule has 0 amide bonds. The standard InChI is InChI=1S/C14H14FN.CH2O2/c1-11(13-9-5-6-10-14(13)15)16-12-7-3-2-4-8-12;2-1-3/h2-11,16H,1H3;1H,(H,2,3). The number of anilines is 1. The molecule has 2 aromatic carbocycles. The number of hydrogen-bond acceptors (Lipinski definition) is 2. The van der Waals surface area contributed by atoms with Crippen molar-refractivity contribution in [3.63, 3.8) is 0 Å². The number of nitrogens with one attached hydrogen (secondary N) is 1. The lowest BCUT2D eigenvalue weighted by Gasteiger charge is -2.16. The minimum atomic E-state index is -0.250. The van der Waals surface area contributed by atoms with Crippen LogP contribution in [0.1, 0.15) is 18.5 Å². The summed E-state index contributed by atoms with van der Waals surface area (Å²) < 4.78 is 13.5. The first kappa shape index (κ1) is 14.7. The predicted octanol–water partition coefficient (Wildman–Crippen LogP) is 3.70. The summed E-state index contributed by atoms with van der Waals surface area (Å²) in [6, 6.07) is 16.6. The molecule has 0 radical (unpaired) electrons. The maximum absolute atomic E-state index is 13.5. The summed E-state index contributed by atoms with van der Waals surface area (Å²) in [5, 5.41) is 10.1. The van der Waals surface area contributed by atoms with Crippen molar-refractivity contribution in [2.45, 2.75) is 13.0 Å². The van der Waals surface area contributed by atoms with E-state index in [1.165, 1.54) is 6.07 Å². The third kappa shape index (κ3) is 4.79. The molecule has 0 spiro atoms. The van der Waals surface area contributed by atoms with E-state index in [9.17, 15) is 4.39 Å². The molecular formula is C15H16FNO2. The van der Waals surface area contributed by atoms with Crippen LogP contribution in [0.2, 0.25) is 0 Å². The van der Waals surface area contributed by atoms with Gasteiger partial charge in [0, 0.05) is 11.3 Å². The van der Waals surface area contributed by atoms with Crippen molar-refractivity contribution in [1.29, 1.82) is 0 Å². The highest BCUT2D eigenvalue weighted by atomic mass is 19.1. The highest BCUT2D eigenvalue weighted by Crippen LogP contribution is 2.20. The van der Waals surface area contributed by atoms with Gasteiger partial charge in [-0.3, -0.25) is 4.79 Å². The zero-order valence-electron chi connectivity index (χ0n) is 10.6. The molecule has 0 aliphatic rings. The Hall–Kier alpha value is -2.36. The molecule has 2 aromatic rings. The molecule has 0 bridgehead atoms. The number of rotatable bonds is 3. The van der Waals surface area contributed by atoms with Crippen LogP contribution in [-0.2, 0) is 4.79 Å². The first-order valence-corrected chi connectivity index (χ1v) is 5.83. The molecule has 0 fully saturated rings. The van der Waals surface area contributed by atoms with Crippen molar-refractivity contribution < 1.29 is 14.3 Å². The van der Waals surface area contributed by atoms with Crippen molar-refractivity contribution in [1.82, 2.24) is 0 Å². The van der Waals surface area contributed by atoms with Crippen LogP contribution < -0.4 is 5.32 Å². The summed E-state index contributed by atoms with van der Waals surface area (Å²) in [7, 11) is 0. The fourth-order valence-corrected chi connectivity index (χ4v) is 1.69. The molecular weight excluding hydrogens is 245 g/mol. The molecule has 0 saturated carbocycles. The lowest BCUT2D eigenvalue weighted by molar-refractivity contribution is -0.122. The Labute approximate surface area is 111 Å². The molecule has 100 valence electrons. The topological polar surface area (TPSA) is 49.3 Å². The number of carboxylic acid groups (broad SMARTS) is 1. The summed E-state index contributed by atoms with van der Waals surface area (Å²) >= 11 is 0. The third-order valence-electron chi connectivity index (χ3n) is 2.53. The minimum Gasteiger partial charge on any atom is -0.483 e. The Morgan fingerprint density at radius 1 is 1.11 bits per heavy atom. The van der Waals surface area contributed by atoms with Gasteiger partial charge in [0.2, 0.25) is 0 Å². The molecule has 19 heavy (non-hydrogen) atoms. The lowest BCUT2D eigenvalue weighted by Crippen LogP contribution is -2.08. The fraction of sp³-hybridized carbons (Fsp3) is 0.133. The van der Waals surface area contributed by atoms with E-state index in [0.717, 1.165) is 5.69 Å². The fourth-order valence-electron chi connectivity index (χ4n) is 1.69. The van der Waals surface area contributed by atoms with Crippen LogP contribution >= 0.6 is 0 Å². The molecule has 2 N–H and O–H groups in total. The average Bonchev–Trinajstić information content (AvgIpc) is 2.41. The normalized spacial score (nSPS) is 10.8. The van der Waals surface area contributed by atoms with Gasteiger partial charge >= 0.3 is 0 Å². The van der Waals surface area contributed by atoms with Gasteiger partial charge in [0.1, 0.15) is 5.82 Å². The van der Waals surface area contributed by atoms with Gasteiger partial charge in [-0.25, -0.2) is 4.39 Å². The van der Waals surface area contributed by atoms with Crippen molar-refractivity contribution in [2.24, 2.45) is 0 Å². The third-order valence-corrected chi connectivity index (χ3v) is 2.53. The van der Waals surface area contributed by atoms with Crippen molar-refractivity contribution in [3.05, 3.63) is 66.0 Å². The minimum absolute atomic E-state index is 0.0383. The van der Waals surface area contributed by atoms with E-state index in [4.69, 9.17) is 9.90 Å². The number of carbonyl (C=O) groups is 1. The highest BCUT2D eigenvalue weighted by molar-refractivity contribution is 5.45. The maximum Gasteiger partial charge on any atom is 0.290 e. The molecule has 0 aromatic heterocycles. The number of benzene rings is 2. The Morgan fingerprint density at radius 2 is 1.63 bits per heavy atom. The number of para-hydroxylation sites is 1. The molecule has 0 aliphatic heterocycles. The summed E-state index contributed by atoms with van der Waals surface area (Å²) in [4.78, 5) is 8.36. The van der Waals surface area contributed by atoms with Crippen molar-refractivity contribution in [2.75, 3.05) is 5.32 Å². The molecule has 1 unspecified atom stereocenters. The Bertz CT molecular complexity index is 503. The maximum atomic E-state index is 13.5. The van der Waals surface area contributed by atoms with Gasteiger partial charge in [-0.05, 0) is 25.1 Å². The van der Waals surface area contributed by atoms with Crippen molar-refractivity contribution in [3.8, 4) is 0 Å². The zero-order valence-corrected chi connectivity index (χ0v) is 10.6. The van der Waals surface area contributed by atoms with E-state index < -0.39 is 0 Å². The van der Waals surface area contributed by atoms with Gasteiger partial charge < -0.3 is 10.4 Å². The van der Waals surface area contributed by atoms with Crippen LogP contribution in [0.3, 0.4) is 0 Å². The smallest absolute Gasteiger partial charge is 0.290 e. The van der Waals surface area contributed by atoms with E-state index in [1.807, 2.05) is 43.3 Å². The Morgan fingerprint density at radius 3 is 2.21 bits per heavy atom. The Kier molecular flexibility index (Phi) is 6.09. The average molecular weight is 261 g/mol. The van der Waals surface area contributed by atoms with Crippen LogP contribution in [-0.4, -0.2) is 11.6 Å². The van der Waals surface area contributed by atoms with Gasteiger partial charge in [0.15, 0.2) is 0 Å². The Balaban J connectivity index is 0.000000550. The van der Waals surface area contributed by atoms with E-state index in [0.29, 0.717) is 5.56 Å². The molecule has 3 nitrogen and oxygen atoms in total. The van der Waals surface area contributed by atoms with Gasteiger partial charge in [-0.1, -0.05) is 36.4 Å². The summed E-state index contributed by atoms with van der Waals surface area (Å²) in [6.07, 6.45) is 0. The number of halogens is 1. The van der Waals surface area contributed by atoms with Crippen LogP contribution in [0, 0.1) is 5.82 Å². The molecule has 4 heteroatoms. The van der Waals surface area contributed by atoms with Crippen LogP contribution in [0.4, 0.5) is 10.1 Å². The van der Waals surface area contributed by atoms with Gasteiger partial charge in [-0.15, -0.1) is 0 Å². The number of hydrogen-bond donors (Lipinski definition) is 2. The van der Waals surface area contributed by atoms with E-state index in [2.05, 4.69) is 5.32 Å². The second-order valence-electron chi connectivity index (χ2n) is 3.86. The summed E-state index contributed by atoms with van der Waals surface area (Å²) in [6.45, 7) is 1.70. The lowest BCUT2D eigenvalue weighted by atomic mass is 10.1. The molecule has 0 heterocycles. The summed E-state index contributed by atoms with van der Waals surface area (Å²) in [5.41, 5.74) is 1.68. The van der Waals surface area contributed by atoms with Crippen LogP contribution in [0.5, 0.6) is 0 Å². The second kappa shape index (κ2) is 7.87. The van der Waals surface area contributed by atoms with Crippen LogP contribution in [0.15, 0.2) is 54.6 Å². The molecule has 0 aliphatic carbocycles. The molecule has 2 rings (SSSR count). The van der Waals surface area contributed by atoms with Gasteiger partial charge in [0.05, 0.1) is 6.04 Å². The molecule has 1 atom stereocenters. The SMILES string of the molecule is CC(Nc1ccccc1)c1ccccc1F.O=CO. The monoisotopic (exact) mass is 261 g/mol. The van der Waals surface area contributed by atoms with Crippen molar-refractivity contribution >= 4 is 12.2 Å².